The van der Waals surface area contributed by atoms with Gasteiger partial charge in [0.25, 0.3) is 0 Å². The summed E-state index contributed by atoms with van der Waals surface area (Å²) in [6.45, 7) is 7.91. The molecule has 0 spiro atoms. The number of fused-ring (bicyclic) bond motifs is 3. The van der Waals surface area contributed by atoms with E-state index in [1.165, 1.54) is 5.56 Å². The zero-order valence-corrected chi connectivity index (χ0v) is 14.3. The molecule has 0 radical (unpaired) electrons. The van der Waals surface area contributed by atoms with Crippen molar-refractivity contribution in [1.29, 1.82) is 0 Å². The highest BCUT2D eigenvalue weighted by atomic mass is 16.6. The van der Waals surface area contributed by atoms with E-state index in [-0.39, 0.29) is 29.9 Å². The lowest BCUT2D eigenvalue weighted by molar-refractivity contribution is -0.144. The molecule has 0 amide bonds. The third kappa shape index (κ3) is 2.64. The maximum atomic E-state index is 12.0. The normalized spacial score (nSPS) is 25.6. The summed E-state index contributed by atoms with van der Waals surface area (Å²) in [4.78, 5) is 23.9. The predicted octanol–water partition coefficient (Wildman–Crippen LogP) is 3.81. The van der Waals surface area contributed by atoms with Crippen molar-refractivity contribution in [2.45, 2.75) is 59.5 Å². The number of hydrogen-bond acceptors (Lipinski definition) is 4. The van der Waals surface area contributed by atoms with Crippen LogP contribution >= 0.6 is 0 Å². The van der Waals surface area contributed by atoms with E-state index in [2.05, 4.69) is 0 Å². The zero-order valence-electron chi connectivity index (χ0n) is 14.3. The van der Waals surface area contributed by atoms with Gasteiger partial charge < -0.3 is 9.47 Å². The molecule has 23 heavy (non-hydrogen) atoms. The van der Waals surface area contributed by atoms with Gasteiger partial charge in [-0.3, -0.25) is 9.59 Å². The molecule has 1 aromatic carbocycles. The molecule has 3 atom stereocenters. The third-order valence-electron chi connectivity index (χ3n) is 5.26. The summed E-state index contributed by atoms with van der Waals surface area (Å²) in [6, 6.07) is 1.95. The van der Waals surface area contributed by atoms with E-state index in [1.54, 1.807) is 0 Å². The fraction of sp³-hybridized carbons (Fsp3) is 0.579. The van der Waals surface area contributed by atoms with Crippen LogP contribution in [0.15, 0.2) is 6.07 Å². The van der Waals surface area contributed by atoms with Crippen molar-refractivity contribution in [3.05, 3.63) is 28.3 Å². The van der Waals surface area contributed by atoms with Crippen LogP contribution < -0.4 is 4.74 Å². The maximum absolute atomic E-state index is 12.0. The summed E-state index contributed by atoms with van der Waals surface area (Å²) in [5, 5.41) is 0. The minimum atomic E-state index is -0.209. The van der Waals surface area contributed by atoms with Crippen molar-refractivity contribution in [2.75, 3.05) is 0 Å². The minimum absolute atomic E-state index is 0.0563. The fourth-order valence-corrected chi connectivity index (χ4v) is 3.91. The van der Waals surface area contributed by atoms with Gasteiger partial charge in [-0.1, -0.05) is 13.8 Å². The Morgan fingerprint density at radius 1 is 1.39 bits per heavy atom. The van der Waals surface area contributed by atoms with Gasteiger partial charge in [0.05, 0.1) is 5.92 Å². The lowest BCUT2D eigenvalue weighted by Crippen LogP contribution is -2.23. The Morgan fingerprint density at radius 3 is 2.83 bits per heavy atom. The summed E-state index contributed by atoms with van der Waals surface area (Å²) in [7, 11) is 0. The summed E-state index contributed by atoms with van der Waals surface area (Å²) in [6.07, 6.45) is 2.91. The van der Waals surface area contributed by atoms with Crippen LogP contribution in [0, 0.1) is 25.7 Å². The predicted molar refractivity (Wildman–Crippen MR) is 86.3 cm³/mol. The molecule has 0 N–H and O–H groups in total. The second kappa shape index (κ2) is 5.99. The zero-order chi connectivity index (χ0) is 16.7. The van der Waals surface area contributed by atoms with Crippen LogP contribution in [-0.4, -0.2) is 11.9 Å². The molecule has 0 unspecified atom stereocenters. The van der Waals surface area contributed by atoms with E-state index in [4.69, 9.17) is 9.47 Å². The van der Waals surface area contributed by atoms with E-state index >= 15 is 0 Å². The van der Waals surface area contributed by atoms with Gasteiger partial charge in [0.1, 0.15) is 11.9 Å². The number of aryl methyl sites for hydroxylation is 1. The number of esters is 2. The quantitative estimate of drug-likeness (QED) is 0.628. The molecule has 1 aliphatic carbocycles. The number of carbonyl (C=O) groups excluding carboxylic acids is 2. The number of rotatable bonds is 3. The molecule has 3 rings (SSSR count). The van der Waals surface area contributed by atoms with Gasteiger partial charge in [-0.15, -0.1) is 0 Å². The van der Waals surface area contributed by atoms with Gasteiger partial charge in [-0.05, 0) is 55.9 Å². The van der Waals surface area contributed by atoms with Gasteiger partial charge in [-0.25, -0.2) is 0 Å². The second-order valence-electron chi connectivity index (χ2n) is 6.78. The molecule has 0 saturated carbocycles. The van der Waals surface area contributed by atoms with Gasteiger partial charge >= 0.3 is 11.9 Å². The Hall–Kier alpha value is -1.84. The first kappa shape index (κ1) is 16.0. The molecule has 4 nitrogen and oxygen atoms in total. The van der Waals surface area contributed by atoms with Crippen molar-refractivity contribution in [3.63, 3.8) is 0 Å². The first-order valence-electron chi connectivity index (χ1n) is 8.48. The SMILES string of the molecule is CCCC(=O)Oc1cc(C)c2c(c1C)[C@@H]1OC(=O)[C@@H](C)[C@@H]1CC2. The number of carbonyl (C=O) groups is 2. The molecule has 124 valence electrons. The van der Waals surface area contributed by atoms with Crippen LogP contribution in [0.25, 0.3) is 0 Å². The standard InChI is InChI=1S/C19H24O4/c1-5-6-16(20)22-15-9-10(2)13-7-8-14-11(3)19(21)23-18(14)17(13)12(15)4/h9,11,14,18H,5-8H2,1-4H3/t11-,14-,18+/m0/s1. The average molecular weight is 316 g/mol. The van der Waals surface area contributed by atoms with Crippen LogP contribution in [0.2, 0.25) is 0 Å². The van der Waals surface area contributed by atoms with E-state index < -0.39 is 0 Å². The highest BCUT2D eigenvalue weighted by Gasteiger charge is 2.46. The van der Waals surface area contributed by atoms with Gasteiger partial charge in [0.15, 0.2) is 0 Å². The smallest absolute Gasteiger partial charge is 0.311 e. The molecule has 1 aliphatic heterocycles. The lowest BCUT2D eigenvalue weighted by Gasteiger charge is -2.31. The molecule has 4 heteroatoms. The number of ether oxygens (including phenoxy) is 2. The number of benzene rings is 1. The van der Waals surface area contributed by atoms with Crippen molar-refractivity contribution in [3.8, 4) is 5.75 Å². The van der Waals surface area contributed by atoms with Crippen LogP contribution in [-0.2, 0) is 20.7 Å². The second-order valence-corrected chi connectivity index (χ2v) is 6.78. The Bertz CT molecular complexity index is 662. The van der Waals surface area contributed by atoms with Crippen molar-refractivity contribution in [1.82, 2.24) is 0 Å². The first-order valence-corrected chi connectivity index (χ1v) is 8.48. The van der Waals surface area contributed by atoms with E-state index in [1.807, 2.05) is 33.8 Å². The van der Waals surface area contributed by atoms with Crippen molar-refractivity contribution < 1.29 is 19.1 Å². The van der Waals surface area contributed by atoms with E-state index in [0.29, 0.717) is 12.2 Å². The number of hydrogen-bond donors (Lipinski definition) is 0. The molecular weight excluding hydrogens is 292 g/mol. The fourth-order valence-electron chi connectivity index (χ4n) is 3.91. The Balaban J connectivity index is 2.02. The Morgan fingerprint density at radius 2 is 2.13 bits per heavy atom. The lowest BCUT2D eigenvalue weighted by atomic mass is 9.74. The molecular formula is C19H24O4. The summed E-state index contributed by atoms with van der Waals surface area (Å²) < 4.78 is 11.2. The molecule has 1 fully saturated rings. The van der Waals surface area contributed by atoms with Gasteiger partial charge in [0.2, 0.25) is 0 Å². The van der Waals surface area contributed by atoms with Gasteiger partial charge in [0, 0.05) is 17.9 Å². The highest BCUT2D eigenvalue weighted by Crippen LogP contribution is 2.49. The van der Waals surface area contributed by atoms with Crippen molar-refractivity contribution >= 4 is 11.9 Å². The molecule has 1 saturated heterocycles. The summed E-state index contributed by atoms with van der Waals surface area (Å²) >= 11 is 0. The molecule has 0 bridgehead atoms. The monoisotopic (exact) mass is 316 g/mol. The summed E-state index contributed by atoms with van der Waals surface area (Å²) in [5.74, 6) is 0.460. The van der Waals surface area contributed by atoms with Crippen LogP contribution in [0.3, 0.4) is 0 Å². The average Bonchev–Trinajstić information content (AvgIpc) is 2.79. The maximum Gasteiger partial charge on any atom is 0.311 e. The molecule has 1 heterocycles. The minimum Gasteiger partial charge on any atom is -0.457 e. The van der Waals surface area contributed by atoms with Crippen molar-refractivity contribution in [2.24, 2.45) is 11.8 Å². The van der Waals surface area contributed by atoms with E-state index in [0.717, 1.165) is 36.0 Å². The topological polar surface area (TPSA) is 52.6 Å². The largest absolute Gasteiger partial charge is 0.457 e. The third-order valence-corrected chi connectivity index (χ3v) is 5.26. The highest BCUT2D eigenvalue weighted by molar-refractivity contribution is 5.76. The molecule has 2 aliphatic rings. The molecule has 0 aromatic heterocycles. The first-order chi connectivity index (χ1) is 10.9. The van der Waals surface area contributed by atoms with Crippen LogP contribution in [0.1, 0.15) is 61.5 Å². The van der Waals surface area contributed by atoms with Crippen LogP contribution in [0.4, 0.5) is 0 Å². The Labute approximate surface area is 137 Å². The summed E-state index contributed by atoms with van der Waals surface area (Å²) in [5.41, 5.74) is 4.37. The van der Waals surface area contributed by atoms with E-state index in [9.17, 15) is 9.59 Å². The van der Waals surface area contributed by atoms with Gasteiger partial charge in [-0.2, -0.15) is 0 Å². The van der Waals surface area contributed by atoms with Crippen LogP contribution in [0.5, 0.6) is 5.75 Å². The Kier molecular flexibility index (Phi) is 4.17. The molecule has 1 aromatic rings.